The largest absolute Gasteiger partial charge is 0.369 e. The van der Waals surface area contributed by atoms with Crippen molar-refractivity contribution in [3.05, 3.63) is 0 Å². The second-order valence-electron chi connectivity index (χ2n) is 5.15. The molecule has 2 heterocycles. The molecule has 0 aliphatic carbocycles. The highest BCUT2D eigenvalue weighted by atomic mass is 16.2. The summed E-state index contributed by atoms with van der Waals surface area (Å²) in [5.41, 5.74) is 4.81. The van der Waals surface area contributed by atoms with E-state index >= 15 is 0 Å². The molecule has 0 bridgehead atoms. The number of nitrogens with zero attached hydrogens (tertiary/aromatic N) is 1. The van der Waals surface area contributed by atoms with Crippen LogP contribution in [0.15, 0.2) is 0 Å². The highest BCUT2D eigenvalue weighted by Gasteiger charge is 2.42. The molecule has 96 valence electrons. The van der Waals surface area contributed by atoms with Crippen LogP contribution in [0.2, 0.25) is 0 Å². The molecule has 6 heteroatoms. The molecule has 2 amide bonds. The van der Waals surface area contributed by atoms with Gasteiger partial charge in [0.15, 0.2) is 0 Å². The number of amides is 2. The van der Waals surface area contributed by atoms with Gasteiger partial charge in [0, 0.05) is 32.7 Å². The number of rotatable bonds is 2. The van der Waals surface area contributed by atoms with Crippen LogP contribution in [0.25, 0.3) is 0 Å². The molecule has 0 spiro atoms. The summed E-state index contributed by atoms with van der Waals surface area (Å²) in [6.07, 6.45) is 0.661. The van der Waals surface area contributed by atoms with Crippen molar-refractivity contribution in [2.75, 3.05) is 32.7 Å². The first-order valence-corrected chi connectivity index (χ1v) is 6.06. The van der Waals surface area contributed by atoms with Crippen LogP contribution in [-0.2, 0) is 9.59 Å². The van der Waals surface area contributed by atoms with Crippen molar-refractivity contribution >= 4 is 11.8 Å². The molecule has 2 fully saturated rings. The molecule has 2 aliphatic rings. The molecule has 0 saturated carbocycles. The van der Waals surface area contributed by atoms with Gasteiger partial charge in [-0.25, -0.2) is 0 Å². The summed E-state index contributed by atoms with van der Waals surface area (Å²) in [5.74, 6) is -0.246. The Balaban J connectivity index is 1.95. The van der Waals surface area contributed by atoms with Gasteiger partial charge in [0.1, 0.15) is 0 Å². The van der Waals surface area contributed by atoms with Crippen molar-refractivity contribution in [2.45, 2.75) is 19.4 Å². The highest BCUT2D eigenvalue weighted by Crippen LogP contribution is 2.29. The predicted molar refractivity (Wildman–Crippen MR) is 63.2 cm³/mol. The van der Waals surface area contributed by atoms with Gasteiger partial charge in [0.05, 0.1) is 11.5 Å². The van der Waals surface area contributed by atoms with E-state index in [1.54, 1.807) is 4.90 Å². The third kappa shape index (κ3) is 2.42. The van der Waals surface area contributed by atoms with Gasteiger partial charge in [0.2, 0.25) is 11.8 Å². The molecule has 17 heavy (non-hydrogen) atoms. The van der Waals surface area contributed by atoms with Crippen molar-refractivity contribution in [3.8, 4) is 0 Å². The van der Waals surface area contributed by atoms with Crippen molar-refractivity contribution in [3.63, 3.8) is 0 Å². The van der Waals surface area contributed by atoms with Crippen molar-refractivity contribution in [1.82, 2.24) is 15.5 Å². The summed E-state index contributed by atoms with van der Waals surface area (Å²) in [6.45, 7) is 5.24. The van der Waals surface area contributed by atoms with E-state index < -0.39 is 5.41 Å². The van der Waals surface area contributed by atoms with E-state index in [1.165, 1.54) is 0 Å². The first kappa shape index (κ1) is 12.3. The van der Waals surface area contributed by atoms with Gasteiger partial charge >= 0.3 is 0 Å². The summed E-state index contributed by atoms with van der Waals surface area (Å²) in [6, 6.07) is -0.168. The van der Waals surface area contributed by atoms with E-state index in [4.69, 9.17) is 5.73 Å². The molecule has 0 aromatic heterocycles. The van der Waals surface area contributed by atoms with Gasteiger partial charge in [-0.05, 0) is 13.3 Å². The zero-order valence-corrected chi connectivity index (χ0v) is 10.2. The Morgan fingerprint density at radius 2 is 2.18 bits per heavy atom. The number of likely N-dealkylation sites (tertiary alicyclic amines) is 1. The summed E-state index contributed by atoms with van der Waals surface area (Å²) in [5, 5.41) is 6.36. The molecule has 2 saturated heterocycles. The lowest BCUT2D eigenvalue weighted by Gasteiger charge is -2.28. The zero-order valence-electron chi connectivity index (χ0n) is 10.2. The van der Waals surface area contributed by atoms with Crippen LogP contribution in [0.5, 0.6) is 0 Å². The summed E-state index contributed by atoms with van der Waals surface area (Å²) in [4.78, 5) is 25.3. The quantitative estimate of drug-likeness (QED) is 0.535. The van der Waals surface area contributed by atoms with Gasteiger partial charge in [-0.2, -0.15) is 0 Å². The first-order chi connectivity index (χ1) is 8.03. The molecule has 0 aromatic rings. The minimum Gasteiger partial charge on any atom is -0.369 e. The molecule has 2 rings (SSSR count). The molecule has 4 N–H and O–H groups in total. The Labute approximate surface area is 101 Å². The Kier molecular flexibility index (Phi) is 3.35. The van der Waals surface area contributed by atoms with E-state index in [2.05, 4.69) is 10.6 Å². The number of hydrogen-bond acceptors (Lipinski definition) is 4. The standard InChI is InChI=1S/C11H20N4O2/c1-11(10(12)17)2-5-15(7-11)9(16)8-6-13-3-4-14-8/h8,13-14H,2-7H2,1H3,(H2,12,17). The van der Waals surface area contributed by atoms with E-state index in [0.717, 1.165) is 13.1 Å². The third-order valence-corrected chi connectivity index (χ3v) is 3.72. The zero-order chi connectivity index (χ0) is 12.5. The number of nitrogens with two attached hydrogens (primary N) is 1. The third-order valence-electron chi connectivity index (χ3n) is 3.72. The fourth-order valence-electron chi connectivity index (χ4n) is 2.40. The number of piperazine rings is 1. The highest BCUT2D eigenvalue weighted by molar-refractivity contribution is 5.86. The van der Waals surface area contributed by atoms with Crippen LogP contribution in [0.1, 0.15) is 13.3 Å². The maximum atomic E-state index is 12.2. The number of carbonyl (C=O) groups excluding carboxylic acids is 2. The Morgan fingerprint density at radius 1 is 1.41 bits per heavy atom. The second-order valence-corrected chi connectivity index (χ2v) is 5.15. The topological polar surface area (TPSA) is 87.5 Å². The lowest BCUT2D eigenvalue weighted by molar-refractivity contribution is -0.133. The van der Waals surface area contributed by atoms with E-state index in [9.17, 15) is 9.59 Å². The maximum Gasteiger partial charge on any atom is 0.241 e. The van der Waals surface area contributed by atoms with Gasteiger partial charge in [0.25, 0.3) is 0 Å². The van der Waals surface area contributed by atoms with E-state index in [1.807, 2.05) is 6.92 Å². The predicted octanol–water partition coefficient (Wildman–Crippen LogP) is -1.73. The Morgan fingerprint density at radius 3 is 2.71 bits per heavy atom. The molecule has 2 aliphatic heterocycles. The molecule has 2 atom stereocenters. The maximum absolute atomic E-state index is 12.2. The Bertz CT molecular complexity index is 327. The molecule has 0 aromatic carbocycles. The van der Waals surface area contributed by atoms with Crippen molar-refractivity contribution in [1.29, 1.82) is 0 Å². The first-order valence-electron chi connectivity index (χ1n) is 6.06. The van der Waals surface area contributed by atoms with Gasteiger partial charge in [-0.3, -0.25) is 9.59 Å². The van der Waals surface area contributed by atoms with E-state index in [0.29, 0.717) is 26.1 Å². The van der Waals surface area contributed by atoms with Crippen molar-refractivity contribution in [2.24, 2.45) is 11.1 Å². The van der Waals surface area contributed by atoms with Crippen LogP contribution >= 0.6 is 0 Å². The number of carbonyl (C=O) groups is 2. The average Bonchev–Trinajstić information content (AvgIpc) is 2.74. The fraction of sp³-hybridized carbons (Fsp3) is 0.818. The normalized spacial score (nSPS) is 33.7. The number of primary amides is 1. The molecule has 2 unspecified atom stereocenters. The minimum atomic E-state index is -0.558. The van der Waals surface area contributed by atoms with E-state index in [-0.39, 0.29) is 17.9 Å². The van der Waals surface area contributed by atoms with Crippen LogP contribution in [0.3, 0.4) is 0 Å². The van der Waals surface area contributed by atoms with Gasteiger partial charge in [-0.15, -0.1) is 0 Å². The van der Waals surface area contributed by atoms with Crippen molar-refractivity contribution < 1.29 is 9.59 Å². The van der Waals surface area contributed by atoms with Gasteiger partial charge < -0.3 is 21.3 Å². The lowest BCUT2D eigenvalue weighted by Crippen LogP contribution is -2.56. The summed E-state index contributed by atoms with van der Waals surface area (Å²) in [7, 11) is 0. The summed E-state index contributed by atoms with van der Waals surface area (Å²) < 4.78 is 0. The molecule has 0 radical (unpaired) electrons. The molecular formula is C11H20N4O2. The SMILES string of the molecule is CC1(C(N)=O)CCN(C(=O)C2CNCCN2)C1. The van der Waals surface area contributed by atoms with Crippen LogP contribution in [0, 0.1) is 5.41 Å². The van der Waals surface area contributed by atoms with Gasteiger partial charge in [-0.1, -0.05) is 0 Å². The number of nitrogens with one attached hydrogen (secondary N) is 2. The molecule has 6 nitrogen and oxygen atoms in total. The fourth-order valence-corrected chi connectivity index (χ4v) is 2.40. The second kappa shape index (κ2) is 4.62. The smallest absolute Gasteiger partial charge is 0.241 e. The van der Waals surface area contributed by atoms with Crippen LogP contribution < -0.4 is 16.4 Å². The summed E-state index contributed by atoms with van der Waals surface area (Å²) >= 11 is 0. The van der Waals surface area contributed by atoms with Crippen LogP contribution in [-0.4, -0.2) is 55.5 Å². The monoisotopic (exact) mass is 240 g/mol. The number of hydrogen-bond donors (Lipinski definition) is 3. The van der Waals surface area contributed by atoms with Crippen LogP contribution in [0.4, 0.5) is 0 Å². The lowest BCUT2D eigenvalue weighted by atomic mass is 9.89. The molecular weight excluding hydrogens is 220 g/mol. The average molecular weight is 240 g/mol. The minimum absolute atomic E-state index is 0.0715. The Hall–Kier alpha value is -1.14.